The normalized spacial score (nSPS) is 18.1. The van der Waals surface area contributed by atoms with Crippen molar-refractivity contribution in [2.24, 2.45) is 0 Å². The summed E-state index contributed by atoms with van der Waals surface area (Å²) in [7, 11) is -0.0749. The second kappa shape index (κ2) is 4.27. The Morgan fingerprint density at radius 1 is 1.50 bits per heavy atom. The molecule has 84 valence electrons. The van der Waals surface area contributed by atoms with E-state index in [0.29, 0.717) is 5.46 Å². The maximum absolute atomic E-state index is 11.5. The molecule has 1 aliphatic rings. The predicted molar refractivity (Wildman–Crippen MR) is 59.3 cm³/mol. The van der Waals surface area contributed by atoms with Gasteiger partial charge in [-0.3, -0.25) is 4.79 Å². The average molecular weight is 220 g/mol. The number of hydrogen-bond acceptors (Lipinski definition) is 4. The van der Waals surface area contributed by atoms with Gasteiger partial charge < -0.3 is 14.8 Å². The van der Waals surface area contributed by atoms with Crippen LogP contribution in [0.5, 0.6) is 0 Å². The number of rotatable bonds is 2. The molecule has 0 heterocycles. The molecule has 0 saturated heterocycles. The second-order valence-electron chi connectivity index (χ2n) is 3.95. The lowest BCUT2D eigenvalue weighted by Gasteiger charge is -2.09. The zero-order chi connectivity index (χ0) is 11.7. The molecule has 1 aliphatic carbocycles. The van der Waals surface area contributed by atoms with Crippen LogP contribution in [-0.2, 0) is 16.0 Å². The summed E-state index contributed by atoms with van der Waals surface area (Å²) >= 11 is 0. The number of carbonyl (C=O) groups is 1. The fourth-order valence-corrected chi connectivity index (χ4v) is 2.19. The number of ether oxygens (including phenoxy) is 1. The van der Waals surface area contributed by atoms with E-state index in [-0.39, 0.29) is 11.9 Å². The first kappa shape index (κ1) is 11.2. The minimum Gasteiger partial charge on any atom is -0.469 e. The van der Waals surface area contributed by atoms with Crippen LogP contribution in [0.3, 0.4) is 0 Å². The van der Waals surface area contributed by atoms with Crippen molar-refractivity contribution in [2.45, 2.75) is 18.8 Å². The van der Waals surface area contributed by atoms with E-state index < -0.39 is 7.12 Å². The highest BCUT2D eigenvalue weighted by atomic mass is 16.5. The van der Waals surface area contributed by atoms with E-state index in [0.717, 1.165) is 24.0 Å². The third-order valence-corrected chi connectivity index (χ3v) is 3.03. The highest BCUT2D eigenvalue weighted by molar-refractivity contribution is 6.58. The molecule has 16 heavy (non-hydrogen) atoms. The molecule has 2 N–H and O–H groups in total. The Hall–Kier alpha value is -1.33. The van der Waals surface area contributed by atoms with E-state index >= 15 is 0 Å². The van der Waals surface area contributed by atoms with Crippen molar-refractivity contribution in [1.29, 1.82) is 0 Å². The molecule has 0 fully saturated rings. The second-order valence-corrected chi connectivity index (χ2v) is 3.95. The van der Waals surface area contributed by atoms with Crippen molar-refractivity contribution < 1.29 is 19.6 Å². The Kier molecular flexibility index (Phi) is 2.98. The molecule has 0 aromatic heterocycles. The van der Waals surface area contributed by atoms with Crippen LogP contribution in [0.1, 0.15) is 23.5 Å². The number of benzene rings is 1. The number of aryl methyl sites for hydroxylation is 1. The topological polar surface area (TPSA) is 66.8 Å². The highest BCUT2D eigenvalue weighted by Gasteiger charge is 2.30. The van der Waals surface area contributed by atoms with Gasteiger partial charge in [-0.25, -0.2) is 0 Å². The molecule has 0 radical (unpaired) electrons. The van der Waals surface area contributed by atoms with Gasteiger partial charge in [-0.2, -0.15) is 0 Å². The van der Waals surface area contributed by atoms with Gasteiger partial charge in [0.15, 0.2) is 0 Å². The highest BCUT2D eigenvalue weighted by Crippen LogP contribution is 2.33. The summed E-state index contributed by atoms with van der Waals surface area (Å²) in [6.07, 6.45) is 1.50. The molecule has 4 nitrogen and oxygen atoms in total. The Morgan fingerprint density at radius 3 is 2.88 bits per heavy atom. The van der Waals surface area contributed by atoms with Crippen molar-refractivity contribution in [3.8, 4) is 0 Å². The fourth-order valence-electron chi connectivity index (χ4n) is 2.19. The van der Waals surface area contributed by atoms with Crippen LogP contribution >= 0.6 is 0 Å². The molecule has 0 amide bonds. The number of esters is 1. The van der Waals surface area contributed by atoms with Gasteiger partial charge in [0.25, 0.3) is 0 Å². The van der Waals surface area contributed by atoms with Crippen molar-refractivity contribution in [3.63, 3.8) is 0 Å². The number of hydrogen-bond donors (Lipinski definition) is 2. The van der Waals surface area contributed by atoms with Crippen LogP contribution in [0.4, 0.5) is 0 Å². The summed E-state index contributed by atoms with van der Waals surface area (Å²) in [5.74, 6) is -0.430. The van der Waals surface area contributed by atoms with Crippen LogP contribution in [0.15, 0.2) is 18.2 Å². The van der Waals surface area contributed by atoms with Gasteiger partial charge in [0.2, 0.25) is 0 Å². The van der Waals surface area contributed by atoms with Crippen molar-refractivity contribution >= 4 is 18.6 Å². The van der Waals surface area contributed by atoms with Crippen LogP contribution in [0.25, 0.3) is 0 Å². The van der Waals surface area contributed by atoms with Gasteiger partial charge in [0.05, 0.1) is 13.0 Å². The minimum absolute atomic E-state index is 0.204. The van der Waals surface area contributed by atoms with Gasteiger partial charge in [0.1, 0.15) is 0 Å². The Labute approximate surface area is 94.0 Å². The minimum atomic E-state index is -1.46. The molecule has 0 aliphatic heterocycles. The Bertz CT molecular complexity index is 416. The van der Waals surface area contributed by atoms with E-state index in [1.54, 1.807) is 18.2 Å². The van der Waals surface area contributed by atoms with Gasteiger partial charge in [-0.15, -0.1) is 0 Å². The van der Waals surface area contributed by atoms with E-state index in [4.69, 9.17) is 14.8 Å². The molecule has 0 saturated carbocycles. The van der Waals surface area contributed by atoms with E-state index in [2.05, 4.69) is 0 Å². The zero-order valence-electron chi connectivity index (χ0n) is 9.01. The van der Waals surface area contributed by atoms with E-state index in [1.165, 1.54) is 7.11 Å². The summed E-state index contributed by atoms with van der Waals surface area (Å²) in [6.45, 7) is 0. The summed E-state index contributed by atoms with van der Waals surface area (Å²) < 4.78 is 4.73. The summed E-state index contributed by atoms with van der Waals surface area (Å²) in [4.78, 5) is 11.5. The third-order valence-electron chi connectivity index (χ3n) is 3.03. The van der Waals surface area contributed by atoms with Crippen LogP contribution in [-0.4, -0.2) is 30.2 Å². The third kappa shape index (κ3) is 1.84. The number of methoxy groups -OCH3 is 1. The molecule has 0 spiro atoms. The van der Waals surface area contributed by atoms with Gasteiger partial charge in [-0.1, -0.05) is 18.2 Å². The fraction of sp³-hybridized carbons (Fsp3) is 0.364. The summed E-state index contributed by atoms with van der Waals surface area (Å²) in [5.41, 5.74) is 2.40. The summed E-state index contributed by atoms with van der Waals surface area (Å²) in [5, 5.41) is 18.1. The van der Waals surface area contributed by atoms with Gasteiger partial charge in [-0.05, 0) is 29.4 Å². The van der Waals surface area contributed by atoms with Crippen LogP contribution in [0.2, 0.25) is 0 Å². The first-order valence-corrected chi connectivity index (χ1v) is 5.20. The quantitative estimate of drug-likeness (QED) is 0.524. The largest absolute Gasteiger partial charge is 0.488 e. The van der Waals surface area contributed by atoms with Crippen molar-refractivity contribution in [2.75, 3.05) is 7.11 Å². The van der Waals surface area contributed by atoms with Crippen molar-refractivity contribution in [1.82, 2.24) is 0 Å². The SMILES string of the molecule is COC(=O)C1CCc2cc(B(O)O)ccc21. The first-order valence-electron chi connectivity index (χ1n) is 5.20. The maximum atomic E-state index is 11.5. The first-order chi connectivity index (χ1) is 7.63. The lowest BCUT2D eigenvalue weighted by molar-refractivity contribution is -0.142. The predicted octanol–water partition coefficient (Wildman–Crippen LogP) is -0.431. The lowest BCUT2D eigenvalue weighted by Crippen LogP contribution is -2.30. The Balaban J connectivity index is 2.32. The smallest absolute Gasteiger partial charge is 0.469 e. The molecule has 0 bridgehead atoms. The Morgan fingerprint density at radius 2 is 2.25 bits per heavy atom. The molecule has 1 aromatic rings. The van der Waals surface area contributed by atoms with E-state index in [9.17, 15) is 4.79 Å². The van der Waals surface area contributed by atoms with Crippen molar-refractivity contribution in [3.05, 3.63) is 29.3 Å². The monoisotopic (exact) mass is 220 g/mol. The standard InChI is InChI=1S/C11H13BO4/c1-16-11(13)10-4-2-7-6-8(12(14)15)3-5-9(7)10/h3,5-6,10,14-15H,2,4H2,1H3. The molecule has 1 unspecified atom stereocenters. The molecule has 2 rings (SSSR count). The molecule has 1 atom stereocenters. The number of fused-ring (bicyclic) bond motifs is 1. The maximum Gasteiger partial charge on any atom is 0.488 e. The van der Waals surface area contributed by atoms with Crippen LogP contribution in [0, 0.1) is 0 Å². The van der Waals surface area contributed by atoms with Gasteiger partial charge >= 0.3 is 13.1 Å². The summed E-state index contributed by atoms with van der Waals surface area (Å²) in [6, 6.07) is 5.15. The van der Waals surface area contributed by atoms with Gasteiger partial charge in [0, 0.05) is 0 Å². The number of carbonyl (C=O) groups excluding carboxylic acids is 1. The van der Waals surface area contributed by atoms with Crippen LogP contribution < -0.4 is 5.46 Å². The molecule has 1 aromatic carbocycles. The average Bonchev–Trinajstić information content (AvgIpc) is 2.70. The molecule has 5 heteroatoms. The molecular weight excluding hydrogens is 207 g/mol. The molecular formula is C11H13BO4. The van der Waals surface area contributed by atoms with E-state index in [1.807, 2.05) is 0 Å². The lowest BCUT2D eigenvalue weighted by atomic mass is 9.79. The zero-order valence-corrected chi connectivity index (χ0v) is 9.01.